The molecule has 154 valence electrons. The Morgan fingerprint density at radius 1 is 1.21 bits per heavy atom. The predicted molar refractivity (Wildman–Crippen MR) is 104 cm³/mol. The Kier molecular flexibility index (Phi) is 4.98. The van der Waals surface area contributed by atoms with Gasteiger partial charge >= 0.3 is 12.3 Å². The van der Waals surface area contributed by atoms with E-state index in [1.165, 1.54) is 18.3 Å². The van der Waals surface area contributed by atoms with E-state index in [-0.39, 0.29) is 22.6 Å². The molecular formula is C20H20ClF2N3O3. The molecule has 0 saturated carbocycles. The fraction of sp³-hybridized carbons (Fsp3) is 0.400. The molecule has 1 aromatic carbocycles. The number of carbonyl (C=O) groups is 1. The second-order valence-corrected chi connectivity index (χ2v) is 8.07. The lowest BCUT2D eigenvalue weighted by atomic mass is 9.92. The SMILES string of the molecule is CC1CC(C)CN(C(=O)Nc2ccc(-c3cc4c(cc3Cl)OC(F)(F)O4)cn2)C1. The highest BCUT2D eigenvalue weighted by molar-refractivity contribution is 6.33. The third kappa shape index (κ3) is 4.22. The number of pyridine rings is 1. The van der Waals surface area contributed by atoms with Crippen LogP contribution >= 0.6 is 11.6 Å². The van der Waals surface area contributed by atoms with Gasteiger partial charge in [-0.15, -0.1) is 8.78 Å². The third-order valence-corrected chi connectivity index (χ3v) is 5.27. The van der Waals surface area contributed by atoms with E-state index in [4.69, 9.17) is 11.6 Å². The van der Waals surface area contributed by atoms with Crippen LogP contribution in [0.2, 0.25) is 5.02 Å². The summed E-state index contributed by atoms with van der Waals surface area (Å²) in [6, 6.07) is 5.81. The van der Waals surface area contributed by atoms with Crippen LogP contribution in [0.3, 0.4) is 0 Å². The normalized spacial score (nSPS) is 22.4. The first-order chi connectivity index (χ1) is 13.7. The molecule has 3 heterocycles. The van der Waals surface area contributed by atoms with Crippen molar-refractivity contribution in [2.75, 3.05) is 18.4 Å². The van der Waals surface area contributed by atoms with Gasteiger partial charge in [0, 0.05) is 36.5 Å². The summed E-state index contributed by atoms with van der Waals surface area (Å²) in [5, 5.41) is 3.02. The van der Waals surface area contributed by atoms with Crippen molar-refractivity contribution in [1.82, 2.24) is 9.88 Å². The average molecular weight is 424 g/mol. The Labute approximate surface area is 171 Å². The number of halogens is 3. The molecule has 1 N–H and O–H groups in total. The minimum atomic E-state index is -3.71. The predicted octanol–water partition coefficient (Wildman–Crippen LogP) is 5.23. The smallest absolute Gasteiger partial charge is 0.395 e. The summed E-state index contributed by atoms with van der Waals surface area (Å²) < 4.78 is 35.3. The summed E-state index contributed by atoms with van der Waals surface area (Å²) in [7, 11) is 0. The molecule has 0 bridgehead atoms. The molecule has 2 amide bonds. The second kappa shape index (κ2) is 7.33. The monoisotopic (exact) mass is 423 g/mol. The van der Waals surface area contributed by atoms with Gasteiger partial charge in [0.05, 0.1) is 5.02 Å². The van der Waals surface area contributed by atoms with Gasteiger partial charge in [0.1, 0.15) is 5.82 Å². The lowest BCUT2D eigenvalue weighted by Crippen LogP contribution is -2.44. The third-order valence-electron chi connectivity index (χ3n) is 4.96. The Balaban J connectivity index is 1.48. The fourth-order valence-electron chi connectivity index (χ4n) is 3.84. The quantitative estimate of drug-likeness (QED) is 0.718. The van der Waals surface area contributed by atoms with Crippen LogP contribution in [0.15, 0.2) is 30.5 Å². The van der Waals surface area contributed by atoms with Gasteiger partial charge < -0.3 is 14.4 Å². The van der Waals surface area contributed by atoms with Crippen molar-refractivity contribution in [2.24, 2.45) is 11.8 Å². The molecule has 2 atom stereocenters. The zero-order valence-corrected chi connectivity index (χ0v) is 16.7. The van der Waals surface area contributed by atoms with E-state index in [0.29, 0.717) is 41.9 Å². The Morgan fingerprint density at radius 2 is 1.86 bits per heavy atom. The number of hydrogen-bond donors (Lipinski definition) is 1. The van der Waals surface area contributed by atoms with Crippen LogP contribution in [-0.4, -0.2) is 35.3 Å². The van der Waals surface area contributed by atoms with E-state index in [1.54, 1.807) is 17.0 Å². The maximum absolute atomic E-state index is 13.2. The number of aromatic nitrogens is 1. The van der Waals surface area contributed by atoms with Crippen molar-refractivity contribution in [2.45, 2.75) is 26.6 Å². The Bertz CT molecular complexity index is 929. The number of rotatable bonds is 2. The Morgan fingerprint density at radius 3 is 2.48 bits per heavy atom. The van der Waals surface area contributed by atoms with Crippen LogP contribution in [0.25, 0.3) is 11.1 Å². The van der Waals surface area contributed by atoms with Gasteiger partial charge in [0.25, 0.3) is 0 Å². The first kappa shape index (κ1) is 19.7. The zero-order chi connectivity index (χ0) is 20.8. The van der Waals surface area contributed by atoms with Crippen LogP contribution in [0.1, 0.15) is 20.3 Å². The van der Waals surface area contributed by atoms with Crippen LogP contribution in [0.4, 0.5) is 19.4 Å². The number of benzene rings is 1. The van der Waals surface area contributed by atoms with Gasteiger partial charge in [0.2, 0.25) is 0 Å². The highest BCUT2D eigenvalue weighted by atomic mass is 35.5. The lowest BCUT2D eigenvalue weighted by Gasteiger charge is -2.34. The standard InChI is InChI=1S/C20H20ClF2N3O3/c1-11-5-12(2)10-26(9-11)19(27)25-18-4-3-13(8-24-18)14-6-16-17(7-15(14)21)29-20(22,23)28-16/h3-4,6-8,11-12H,5,9-10H2,1-2H3,(H,24,25,27). The summed E-state index contributed by atoms with van der Waals surface area (Å²) in [6.45, 7) is 5.69. The number of piperidine rings is 1. The van der Waals surface area contributed by atoms with Crippen molar-refractivity contribution >= 4 is 23.4 Å². The number of hydrogen-bond acceptors (Lipinski definition) is 4. The van der Waals surface area contributed by atoms with E-state index >= 15 is 0 Å². The average Bonchev–Trinajstić information content (AvgIpc) is 2.93. The summed E-state index contributed by atoms with van der Waals surface area (Å²) in [6.07, 6.45) is -1.09. The number of nitrogens with one attached hydrogen (secondary N) is 1. The van der Waals surface area contributed by atoms with Gasteiger partial charge in [-0.1, -0.05) is 25.4 Å². The first-order valence-corrected chi connectivity index (χ1v) is 9.70. The molecule has 6 nitrogen and oxygen atoms in total. The van der Waals surface area contributed by atoms with E-state index < -0.39 is 6.29 Å². The molecule has 9 heteroatoms. The maximum Gasteiger partial charge on any atom is 0.586 e. The van der Waals surface area contributed by atoms with Crippen LogP contribution in [0.5, 0.6) is 11.5 Å². The molecule has 1 fully saturated rings. The molecule has 2 aromatic rings. The van der Waals surface area contributed by atoms with Gasteiger partial charge in [-0.25, -0.2) is 9.78 Å². The van der Waals surface area contributed by atoms with Crippen LogP contribution in [-0.2, 0) is 0 Å². The molecular weight excluding hydrogens is 404 g/mol. The van der Waals surface area contributed by atoms with Crippen molar-refractivity contribution in [3.63, 3.8) is 0 Å². The molecule has 2 aliphatic rings. The number of likely N-dealkylation sites (tertiary alicyclic amines) is 1. The van der Waals surface area contributed by atoms with Crippen LogP contribution in [0, 0.1) is 11.8 Å². The number of anilines is 1. The van der Waals surface area contributed by atoms with Gasteiger partial charge in [-0.2, -0.15) is 0 Å². The van der Waals surface area contributed by atoms with Crippen molar-refractivity contribution in [3.05, 3.63) is 35.5 Å². The first-order valence-electron chi connectivity index (χ1n) is 9.32. The van der Waals surface area contributed by atoms with E-state index in [9.17, 15) is 13.6 Å². The summed E-state index contributed by atoms with van der Waals surface area (Å²) in [4.78, 5) is 18.6. The molecule has 4 rings (SSSR count). The fourth-order valence-corrected chi connectivity index (χ4v) is 4.10. The highest BCUT2D eigenvalue weighted by Crippen LogP contribution is 2.46. The summed E-state index contributed by atoms with van der Waals surface area (Å²) in [5.74, 6) is 1.10. The molecule has 2 aliphatic heterocycles. The van der Waals surface area contributed by atoms with Crippen LogP contribution < -0.4 is 14.8 Å². The second-order valence-electron chi connectivity index (χ2n) is 7.66. The molecule has 2 unspecified atom stereocenters. The van der Waals surface area contributed by atoms with E-state index in [0.717, 1.165) is 6.42 Å². The summed E-state index contributed by atoms with van der Waals surface area (Å²) >= 11 is 6.20. The highest BCUT2D eigenvalue weighted by Gasteiger charge is 2.43. The number of nitrogens with zero attached hydrogens (tertiary/aromatic N) is 2. The molecule has 0 spiro atoms. The number of fused-ring (bicyclic) bond motifs is 1. The molecule has 0 radical (unpaired) electrons. The maximum atomic E-state index is 13.2. The van der Waals surface area contributed by atoms with Gasteiger partial charge in [-0.05, 0) is 36.5 Å². The van der Waals surface area contributed by atoms with Crippen molar-refractivity contribution < 1.29 is 23.0 Å². The number of urea groups is 1. The zero-order valence-electron chi connectivity index (χ0n) is 15.9. The Hall–Kier alpha value is -2.61. The summed E-state index contributed by atoms with van der Waals surface area (Å²) in [5.41, 5.74) is 1.06. The van der Waals surface area contributed by atoms with Gasteiger partial charge in [0.15, 0.2) is 11.5 Å². The molecule has 29 heavy (non-hydrogen) atoms. The minimum absolute atomic E-state index is 0.0971. The molecule has 1 saturated heterocycles. The topological polar surface area (TPSA) is 63.7 Å². The number of ether oxygens (including phenoxy) is 2. The van der Waals surface area contributed by atoms with E-state index in [1.807, 2.05) is 0 Å². The lowest BCUT2D eigenvalue weighted by molar-refractivity contribution is -0.286. The van der Waals surface area contributed by atoms with Crippen molar-refractivity contribution in [1.29, 1.82) is 0 Å². The van der Waals surface area contributed by atoms with Gasteiger partial charge in [-0.3, -0.25) is 5.32 Å². The largest absolute Gasteiger partial charge is 0.586 e. The van der Waals surface area contributed by atoms with Crippen molar-refractivity contribution in [3.8, 4) is 22.6 Å². The number of carbonyl (C=O) groups excluding carboxylic acids is 1. The molecule has 0 aliphatic carbocycles. The van der Waals surface area contributed by atoms with E-state index in [2.05, 4.69) is 33.6 Å². The molecule has 1 aromatic heterocycles. The number of amides is 2. The number of alkyl halides is 2. The minimum Gasteiger partial charge on any atom is -0.395 e.